The monoisotopic (exact) mass is 285 g/mol. The molecular formula is C16H13F2N3. The van der Waals surface area contributed by atoms with Crippen LogP contribution in [0.2, 0.25) is 0 Å². The molecule has 3 aromatic rings. The van der Waals surface area contributed by atoms with E-state index in [9.17, 15) is 8.78 Å². The van der Waals surface area contributed by atoms with Gasteiger partial charge in [-0.15, -0.1) is 0 Å². The number of nitrogens with two attached hydrogens (primary N) is 1. The molecule has 3 rings (SSSR count). The highest BCUT2D eigenvalue weighted by atomic mass is 19.1. The van der Waals surface area contributed by atoms with Crippen molar-refractivity contribution in [1.29, 1.82) is 0 Å². The summed E-state index contributed by atoms with van der Waals surface area (Å²) in [5.41, 5.74) is 7.50. The van der Waals surface area contributed by atoms with Crippen LogP contribution in [0.5, 0.6) is 0 Å². The maximum absolute atomic E-state index is 13.7. The van der Waals surface area contributed by atoms with Crippen LogP contribution in [0.4, 0.5) is 14.5 Å². The van der Waals surface area contributed by atoms with Gasteiger partial charge in [0.15, 0.2) is 0 Å². The first-order valence-corrected chi connectivity index (χ1v) is 6.44. The summed E-state index contributed by atoms with van der Waals surface area (Å²) in [6.07, 6.45) is 3.35. The second-order valence-corrected chi connectivity index (χ2v) is 4.74. The Labute approximate surface area is 120 Å². The number of imidazole rings is 1. The third-order valence-electron chi connectivity index (χ3n) is 3.21. The van der Waals surface area contributed by atoms with E-state index in [2.05, 4.69) is 4.98 Å². The van der Waals surface area contributed by atoms with Crippen molar-refractivity contribution in [3.05, 3.63) is 72.1 Å². The van der Waals surface area contributed by atoms with E-state index in [0.717, 1.165) is 17.7 Å². The SMILES string of the molecule is Nc1cccc(-c2nccn2Cc2cc(F)ccc2F)c1. The number of benzene rings is 2. The summed E-state index contributed by atoms with van der Waals surface area (Å²) >= 11 is 0. The second-order valence-electron chi connectivity index (χ2n) is 4.74. The molecule has 0 saturated carbocycles. The Morgan fingerprint density at radius 1 is 1.10 bits per heavy atom. The van der Waals surface area contributed by atoms with Crippen molar-refractivity contribution in [2.24, 2.45) is 0 Å². The number of anilines is 1. The summed E-state index contributed by atoms with van der Waals surface area (Å²) in [5, 5.41) is 0. The van der Waals surface area contributed by atoms with Crippen molar-refractivity contribution < 1.29 is 8.78 Å². The quantitative estimate of drug-likeness (QED) is 0.749. The molecule has 21 heavy (non-hydrogen) atoms. The lowest BCUT2D eigenvalue weighted by molar-refractivity contribution is 0.577. The van der Waals surface area contributed by atoms with Crippen LogP contribution in [0.3, 0.4) is 0 Å². The molecular weight excluding hydrogens is 272 g/mol. The van der Waals surface area contributed by atoms with E-state index >= 15 is 0 Å². The van der Waals surface area contributed by atoms with E-state index in [4.69, 9.17) is 5.73 Å². The predicted molar refractivity (Wildman–Crippen MR) is 77.5 cm³/mol. The number of nitrogen functional groups attached to an aromatic ring is 1. The van der Waals surface area contributed by atoms with Gasteiger partial charge in [0.25, 0.3) is 0 Å². The first kappa shape index (κ1) is 13.3. The van der Waals surface area contributed by atoms with Crippen LogP contribution in [0.25, 0.3) is 11.4 Å². The molecule has 0 bridgehead atoms. The molecule has 0 aliphatic heterocycles. The highest BCUT2D eigenvalue weighted by molar-refractivity contribution is 5.61. The highest BCUT2D eigenvalue weighted by Crippen LogP contribution is 2.21. The van der Waals surface area contributed by atoms with Gasteiger partial charge in [-0.2, -0.15) is 0 Å². The molecule has 0 fully saturated rings. The van der Waals surface area contributed by atoms with Crippen molar-refractivity contribution in [2.45, 2.75) is 6.54 Å². The van der Waals surface area contributed by atoms with Crippen LogP contribution in [0, 0.1) is 11.6 Å². The third kappa shape index (κ3) is 2.76. The number of aromatic nitrogens is 2. The highest BCUT2D eigenvalue weighted by Gasteiger charge is 2.10. The van der Waals surface area contributed by atoms with Crippen LogP contribution in [-0.2, 0) is 6.54 Å². The Morgan fingerprint density at radius 3 is 2.76 bits per heavy atom. The molecule has 3 nitrogen and oxygen atoms in total. The zero-order valence-electron chi connectivity index (χ0n) is 11.1. The Bertz CT molecular complexity index is 781. The predicted octanol–water partition coefficient (Wildman–Crippen LogP) is 3.46. The van der Waals surface area contributed by atoms with Crippen molar-refractivity contribution in [1.82, 2.24) is 9.55 Å². The van der Waals surface area contributed by atoms with Crippen molar-refractivity contribution in [3.8, 4) is 11.4 Å². The maximum atomic E-state index is 13.7. The second kappa shape index (κ2) is 5.36. The molecule has 0 radical (unpaired) electrons. The molecule has 1 heterocycles. The fourth-order valence-electron chi connectivity index (χ4n) is 2.22. The minimum atomic E-state index is -0.461. The van der Waals surface area contributed by atoms with Gasteiger partial charge in [0.05, 0.1) is 6.54 Å². The number of hydrogen-bond donors (Lipinski definition) is 1. The summed E-state index contributed by atoms with van der Waals surface area (Å²) in [7, 11) is 0. The Hall–Kier alpha value is -2.69. The molecule has 0 saturated heterocycles. The Balaban J connectivity index is 1.98. The third-order valence-corrected chi connectivity index (χ3v) is 3.21. The van der Waals surface area contributed by atoms with E-state index in [1.807, 2.05) is 12.1 Å². The average Bonchev–Trinajstić information content (AvgIpc) is 2.91. The molecule has 5 heteroatoms. The van der Waals surface area contributed by atoms with Gasteiger partial charge in [-0.1, -0.05) is 12.1 Å². The zero-order valence-corrected chi connectivity index (χ0v) is 11.1. The summed E-state index contributed by atoms with van der Waals surface area (Å²) < 4.78 is 28.7. The summed E-state index contributed by atoms with van der Waals surface area (Å²) in [6.45, 7) is 0.202. The van der Waals surface area contributed by atoms with Crippen molar-refractivity contribution in [3.63, 3.8) is 0 Å². The molecule has 0 aliphatic carbocycles. The van der Waals surface area contributed by atoms with Gasteiger partial charge in [0.1, 0.15) is 17.5 Å². The van der Waals surface area contributed by atoms with Crippen LogP contribution in [0.1, 0.15) is 5.56 Å². The van der Waals surface area contributed by atoms with Gasteiger partial charge < -0.3 is 10.3 Å². The van der Waals surface area contributed by atoms with Crippen LogP contribution < -0.4 is 5.73 Å². The zero-order chi connectivity index (χ0) is 14.8. The van der Waals surface area contributed by atoms with E-state index in [0.29, 0.717) is 11.5 Å². The van der Waals surface area contributed by atoms with E-state index in [1.165, 1.54) is 6.07 Å². The minimum absolute atomic E-state index is 0.202. The standard InChI is InChI=1S/C16H13F2N3/c17-13-4-5-15(18)12(8-13)10-21-7-6-20-16(21)11-2-1-3-14(19)9-11/h1-9H,10,19H2. The van der Waals surface area contributed by atoms with Crippen LogP contribution >= 0.6 is 0 Å². The molecule has 0 atom stereocenters. The van der Waals surface area contributed by atoms with Gasteiger partial charge in [-0.25, -0.2) is 13.8 Å². The molecule has 2 aromatic carbocycles. The lowest BCUT2D eigenvalue weighted by Gasteiger charge is -2.09. The number of halogens is 2. The van der Waals surface area contributed by atoms with Crippen LogP contribution in [0.15, 0.2) is 54.9 Å². The fourth-order valence-corrected chi connectivity index (χ4v) is 2.22. The first-order chi connectivity index (χ1) is 10.1. The van der Waals surface area contributed by atoms with Gasteiger partial charge in [-0.3, -0.25) is 0 Å². The average molecular weight is 285 g/mol. The lowest BCUT2D eigenvalue weighted by Crippen LogP contribution is -2.04. The van der Waals surface area contributed by atoms with Crippen molar-refractivity contribution in [2.75, 3.05) is 5.73 Å². The van der Waals surface area contributed by atoms with Gasteiger partial charge in [-0.05, 0) is 30.3 Å². The van der Waals surface area contributed by atoms with Crippen LogP contribution in [-0.4, -0.2) is 9.55 Å². The van der Waals surface area contributed by atoms with Crippen molar-refractivity contribution >= 4 is 5.69 Å². The van der Waals surface area contributed by atoms with Gasteiger partial charge >= 0.3 is 0 Å². The Morgan fingerprint density at radius 2 is 1.95 bits per heavy atom. The normalized spacial score (nSPS) is 10.8. The van der Waals surface area contributed by atoms with Gasteiger partial charge in [0, 0.05) is 29.2 Å². The number of rotatable bonds is 3. The number of nitrogens with zero attached hydrogens (tertiary/aromatic N) is 2. The van der Waals surface area contributed by atoms with E-state index in [1.54, 1.807) is 29.1 Å². The summed E-state index contributed by atoms with van der Waals surface area (Å²) in [6, 6.07) is 10.7. The molecule has 1 aromatic heterocycles. The summed E-state index contributed by atoms with van der Waals surface area (Å²) in [4.78, 5) is 4.27. The molecule has 0 spiro atoms. The fraction of sp³-hybridized carbons (Fsp3) is 0.0625. The smallest absolute Gasteiger partial charge is 0.140 e. The number of hydrogen-bond acceptors (Lipinski definition) is 2. The lowest BCUT2D eigenvalue weighted by atomic mass is 10.1. The topological polar surface area (TPSA) is 43.8 Å². The minimum Gasteiger partial charge on any atom is -0.399 e. The molecule has 0 aliphatic rings. The Kier molecular flexibility index (Phi) is 3.39. The largest absolute Gasteiger partial charge is 0.399 e. The first-order valence-electron chi connectivity index (χ1n) is 6.44. The maximum Gasteiger partial charge on any atom is 0.140 e. The van der Waals surface area contributed by atoms with Gasteiger partial charge in [0.2, 0.25) is 0 Å². The van der Waals surface area contributed by atoms with E-state index < -0.39 is 11.6 Å². The molecule has 106 valence electrons. The molecule has 0 unspecified atom stereocenters. The summed E-state index contributed by atoms with van der Waals surface area (Å²) in [5.74, 6) is -0.244. The molecule has 2 N–H and O–H groups in total. The van der Waals surface area contributed by atoms with E-state index in [-0.39, 0.29) is 12.1 Å². The molecule has 0 amide bonds.